The summed E-state index contributed by atoms with van der Waals surface area (Å²) in [5, 5.41) is 7.50. The van der Waals surface area contributed by atoms with E-state index in [0.717, 1.165) is 11.3 Å². The van der Waals surface area contributed by atoms with Crippen LogP contribution < -0.4 is 0 Å². The summed E-state index contributed by atoms with van der Waals surface area (Å²) in [6, 6.07) is 0. The van der Waals surface area contributed by atoms with Crippen LogP contribution in [0.25, 0.3) is 0 Å². The van der Waals surface area contributed by atoms with Crippen molar-refractivity contribution in [3.8, 4) is 0 Å². The summed E-state index contributed by atoms with van der Waals surface area (Å²) in [6.45, 7) is 0.883. The lowest BCUT2D eigenvalue weighted by Gasteiger charge is -2.27. The fourth-order valence-electron chi connectivity index (χ4n) is 1.48. The molecular weight excluding hydrogens is 241 g/mol. The fourth-order valence-corrected chi connectivity index (χ4v) is 2.27. The van der Waals surface area contributed by atoms with Crippen LogP contribution in [0.4, 0.5) is 4.39 Å². The first-order valence-corrected chi connectivity index (χ1v) is 5.78. The van der Waals surface area contributed by atoms with Crippen molar-refractivity contribution in [2.75, 3.05) is 13.1 Å². The van der Waals surface area contributed by atoms with Crippen LogP contribution in [0.5, 0.6) is 0 Å². The number of halogens is 2. The van der Waals surface area contributed by atoms with Gasteiger partial charge in [-0.05, 0) is 24.4 Å². The van der Waals surface area contributed by atoms with Gasteiger partial charge in [-0.15, -0.1) is 10.2 Å². The molecule has 1 fully saturated rings. The van der Waals surface area contributed by atoms with Crippen LogP contribution in [0.1, 0.15) is 22.6 Å². The van der Waals surface area contributed by atoms with Crippen molar-refractivity contribution >= 4 is 28.8 Å². The SMILES string of the molecule is O=C(c1nnc(Cl)s1)N1CCC(F)CC1. The topological polar surface area (TPSA) is 46.1 Å². The Morgan fingerprint density at radius 2 is 2.13 bits per heavy atom. The summed E-state index contributed by atoms with van der Waals surface area (Å²) in [4.78, 5) is 13.4. The Labute approximate surface area is 95.1 Å². The van der Waals surface area contributed by atoms with Crippen LogP contribution in [0.3, 0.4) is 0 Å². The number of alkyl halides is 1. The quantitative estimate of drug-likeness (QED) is 0.762. The molecule has 2 rings (SSSR count). The van der Waals surface area contributed by atoms with Crippen molar-refractivity contribution in [2.24, 2.45) is 0 Å². The summed E-state index contributed by atoms with van der Waals surface area (Å²) < 4.78 is 13.1. The van der Waals surface area contributed by atoms with Gasteiger partial charge in [0.1, 0.15) is 6.17 Å². The monoisotopic (exact) mass is 249 g/mol. The lowest BCUT2D eigenvalue weighted by atomic mass is 10.1. The predicted molar refractivity (Wildman–Crippen MR) is 55.0 cm³/mol. The summed E-state index contributed by atoms with van der Waals surface area (Å²) in [5.74, 6) is -0.202. The second-order valence-electron chi connectivity index (χ2n) is 3.33. The maximum absolute atomic E-state index is 12.8. The van der Waals surface area contributed by atoms with E-state index in [-0.39, 0.29) is 15.4 Å². The normalized spacial score (nSPS) is 18.1. The Bertz CT molecular complexity index is 365. The van der Waals surface area contributed by atoms with Crippen molar-refractivity contribution in [3.63, 3.8) is 0 Å². The highest BCUT2D eigenvalue weighted by molar-refractivity contribution is 7.17. The highest BCUT2D eigenvalue weighted by Crippen LogP contribution is 2.19. The van der Waals surface area contributed by atoms with Gasteiger partial charge in [-0.2, -0.15) is 0 Å². The lowest BCUT2D eigenvalue weighted by Crippen LogP contribution is -2.39. The molecule has 15 heavy (non-hydrogen) atoms. The zero-order valence-corrected chi connectivity index (χ0v) is 9.39. The largest absolute Gasteiger partial charge is 0.336 e. The minimum absolute atomic E-state index is 0.202. The predicted octanol–water partition coefficient (Wildman–Crippen LogP) is 1.77. The average Bonchev–Trinajstić information content (AvgIpc) is 2.65. The number of amides is 1. The molecule has 1 aliphatic heterocycles. The zero-order chi connectivity index (χ0) is 10.8. The number of hydrogen-bond donors (Lipinski definition) is 0. The van der Waals surface area contributed by atoms with Crippen LogP contribution >= 0.6 is 22.9 Å². The number of piperidine rings is 1. The first-order valence-electron chi connectivity index (χ1n) is 4.59. The molecule has 1 aromatic rings. The van der Waals surface area contributed by atoms with Gasteiger partial charge in [-0.3, -0.25) is 4.79 Å². The van der Waals surface area contributed by atoms with Crippen LogP contribution in [0.15, 0.2) is 0 Å². The summed E-state index contributed by atoms with van der Waals surface area (Å²) >= 11 is 6.63. The van der Waals surface area contributed by atoms with Gasteiger partial charge in [0.2, 0.25) is 9.47 Å². The molecule has 1 aromatic heterocycles. The number of rotatable bonds is 1. The van der Waals surface area contributed by atoms with Crippen molar-refractivity contribution < 1.29 is 9.18 Å². The Hall–Kier alpha value is -0.750. The Morgan fingerprint density at radius 1 is 1.47 bits per heavy atom. The molecule has 0 atom stereocenters. The first-order chi connectivity index (χ1) is 7.16. The zero-order valence-electron chi connectivity index (χ0n) is 7.82. The molecule has 0 aliphatic carbocycles. The van der Waals surface area contributed by atoms with E-state index in [9.17, 15) is 9.18 Å². The Balaban J connectivity index is 2.02. The van der Waals surface area contributed by atoms with E-state index in [4.69, 9.17) is 11.6 Å². The van der Waals surface area contributed by atoms with E-state index in [1.807, 2.05) is 0 Å². The van der Waals surface area contributed by atoms with E-state index in [1.54, 1.807) is 4.90 Å². The molecule has 0 radical (unpaired) electrons. The first kappa shape index (κ1) is 10.8. The third-order valence-corrected chi connectivity index (χ3v) is 3.30. The molecule has 4 nitrogen and oxygen atoms in total. The summed E-state index contributed by atoms with van der Waals surface area (Å²) in [5.41, 5.74) is 0. The van der Waals surface area contributed by atoms with E-state index in [2.05, 4.69) is 10.2 Å². The van der Waals surface area contributed by atoms with E-state index < -0.39 is 6.17 Å². The van der Waals surface area contributed by atoms with Gasteiger partial charge in [-0.1, -0.05) is 11.3 Å². The molecule has 1 aliphatic rings. The molecular formula is C8H9ClFN3OS. The molecule has 82 valence electrons. The molecule has 0 unspecified atom stereocenters. The highest BCUT2D eigenvalue weighted by atomic mass is 35.5. The van der Waals surface area contributed by atoms with Crippen LogP contribution in [0, 0.1) is 0 Å². The van der Waals surface area contributed by atoms with Gasteiger partial charge in [0.25, 0.3) is 5.91 Å². The fraction of sp³-hybridized carbons (Fsp3) is 0.625. The average molecular weight is 250 g/mol. The molecule has 0 aromatic carbocycles. The molecule has 2 heterocycles. The minimum atomic E-state index is -0.785. The van der Waals surface area contributed by atoms with Gasteiger partial charge in [0, 0.05) is 13.1 Å². The summed E-state index contributed by atoms with van der Waals surface area (Å²) in [7, 11) is 0. The lowest BCUT2D eigenvalue weighted by molar-refractivity contribution is 0.0666. The maximum atomic E-state index is 12.8. The molecule has 1 saturated heterocycles. The number of aromatic nitrogens is 2. The number of nitrogens with zero attached hydrogens (tertiary/aromatic N) is 3. The van der Waals surface area contributed by atoms with Gasteiger partial charge in [0.05, 0.1) is 0 Å². The highest BCUT2D eigenvalue weighted by Gasteiger charge is 2.25. The van der Waals surface area contributed by atoms with Gasteiger partial charge in [-0.25, -0.2) is 4.39 Å². The van der Waals surface area contributed by atoms with Crippen molar-refractivity contribution in [2.45, 2.75) is 19.0 Å². The third-order valence-electron chi connectivity index (χ3n) is 2.30. The van der Waals surface area contributed by atoms with Crippen molar-refractivity contribution in [1.82, 2.24) is 15.1 Å². The van der Waals surface area contributed by atoms with Crippen molar-refractivity contribution in [1.29, 1.82) is 0 Å². The molecule has 0 N–H and O–H groups in total. The molecule has 0 saturated carbocycles. The molecule has 0 bridgehead atoms. The summed E-state index contributed by atoms with van der Waals surface area (Å²) in [6.07, 6.45) is 0.0170. The molecule has 1 amide bonds. The second kappa shape index (κ2) is 4.40. The Kier molecular flexibility index (Phi) is 3.16. The standard InChI is InChI=1S/C8H9ClFN3OS/c9-8-12-11-6(15-8)7(14)13-3-1-5(10)2-4-13/h5H,1-4H2. The van der Waals surface area contributed by atoms with Crippen molar-refractivity contribution in [3.05, 3.63) is 9.47 Å². The maximum Gasteiger partial charge on any atom is 0.284 e. The third kappa shape index (κ3) is 2.43. The van der Waals surface area contributed by atoms with E-state index in [1.165, 1.54) is 0 Å². The minimum Gasteiger partial charge on any atom is -0.336 e. The van der Waals surface area contributed by atoms with Crippen LogP contribution in [0.2, 0.25) is 4.47 Å². The van der Waals surface area contributed by atoms with Gasteiger partial charge < -0.3 is 4.90 Å². The van der Waals surface area contributed by atoms with Gasteiger partial charge in [0.15, 0.2) is 0 Å². The van der Waals surface area contributed by atoms with E-state index >= 15 is 0 Å². The Morgan fingerprint density at radius 3 is 2.67 bits per heavy atom. The molecule has 0 spiro atoms. The van der Waals surface area contributed by atoms with E-state index in [0.29, 0.717) is 25.9 Å². The van der Waals surface area contributed by atoms with Gasteiger partial charge >= 0.3 is 0 Å². The number of hydrogen-bond acceptors (Lipinski definition) is 4. The number of likely N-dealkylation sites (tertiary alicyclic amines) is 1. The van der Waals surface area contributed by atoms with Crippen LogP contribution in [-0.2, 0) is 0 Å². The second-order valence-corrected chi connectivity index (χ2v) is 4.89. The molecule has 7 heteroatoms. The number of carbonyl (C=O) groups excluding carboxylic acids is 1. The van der Waals surface area contributed by atoms with Crippen LogP contribution in [-0.4, -0.2) is 40.3 Å². The number of carbonyl (C=O) groups is 1. The smallest absolute Gasteiger partial charge is 0.284 e.